The Bertz CT molecular complexity index is 401. The molecule has 19 heavy (non-hydrogen) atoms. The molecule has 0 saturated heterocycles. The monoisotopic (exact) mass is 262 g/mol. The fourth-order valence-electron chi connectivity index (χ4n) is 1.86. The minimum absolute atomic E-state index is 0.0650. The second kappa shape index (κ2) is 7.95. The minimum atomic E-state index is 0.0650. The van der Waals surface area contributed by atoms with Gasteiger partial charge < -0.3 is 10.6 Å². The first-order valence-corrected chi connectivity index (χ1v) is 7.11. The van der Waals surface area contributed by atoms with E-state index in [4.69, 9.17) is 0 Å². The van der Waals surface area contributed by atoms with Crippen LogP contribution in [0, 0.1) is 5.92 Å². The summed E-state index contributed by atoms with van der Waals surface area (Å²) in [6, 6.07) is 8.56. The topological polar surface area (TPSA) is 41.1 Å². The Morgan fingerprint density at radius 3 is 2.37 bits per heavy atom. The van der Waals surface area contributed by atoms with Crippen LogP contribution in [0.3, 0.4) is 0 Å². The van der Waals surface area contributed by atoms with Crippen LogP contribution in [0.2, 0.25) is 0 Å². The van der Waals surface area contributed by atoms with E-state index in [-0.39, 0.29) is 11.9 Å². The maximum absolute atomic E-state index is 11.7. The molecule has 0 saturated carbocycles. The van der Waals surface area contributed by atoms with Gasteiger partial charge in [0, 0.05) is 12.6 Å². The Hall–Kier alpha value is -1.35. The van der Waals surface area contributed by atoms with Gasteiger partial charge in [-0.1, -0.05) is 45.0 Å². The highest BCUT2D eigenvalue weighted by molar-refractivity contribution is 5.78. The van der Waals surface area contributed by atoms with Crippen molar-refractivity contribution >= 4 is 5.91 Å². The summed E-state index contributed by atoms with van der Waals surface area (Å²) in [5.74, 6) is 0.528. The molecule has 1 aromatic rings. The zero-order valence-electron chi connectivity index (χ0n) is 12.5. The molecule has 0 aliphatic rings. The van der Waals surface area contributed by atoms with E-state index < -0.39 is 0 Å². The van der Waals surface area contributed by atoms with Crippen molar-refractivity contribution in [3.05, 3.63) is 35.4 Å². The third kappa shape index (κ3) is 5.43. The molecule has 3 nitrogen and oxygen atoms in total. The van der Waals surface area contributed by atoms with E-state index in [1.807, 2.05) is 13.0 Å². The predicted octanol–water partition coefficient (Wildman–Crippen LogP) is 2.50. The second-order valence-corrected chi connectivity index (χ2v) is 5.33. The number of aryl methyl sites for hydroxylation is 1. The Kier molecular flexibility index (Phi) is 6.57. The molecular formula is C16H26N2O. The molecule has 1 rings (SSSR count). The van der Waals surface area contributed by atoms with Crippen molar-refractivity contribution in [2.45, 2.75) is 46.7 Å². The van der Waals surface area contributed by atoms with Crippen LogP contribution in [0.1, 0.15) is 38.8 Å². The summed E-state index contributed by atoms with van der Waals surface area (Å²) in [6.45, 7) is 9.51. The van der Waals surface area contributed by atoms with Crippen molar-refractivity contribution in [2.24, 2.45) is 5.92 Å². The average Bonchev–Trinajstić information content (AvgIpc) is 2.39. The standard InChI is InChI=1S/C16H26N2O/c1-5-14-8-6-7-9-15(14)10-17-11-16(19)18-13(4)12(2)3/h6-9,12-13,17H,5,10-11H2,1-4H3,(H,18,19). The fraction of sp³-hybridized carbons (Fsp3) is 0.562. The molecule has 0 aliphatic heterocycles. The molecule has 2 N–H and O–H groups in total. The maximum atomic E-state index is 11.7. The lowest BCUT2D eigenvalue weighted by Crippen LogP contribution is -2.41. The molecule has 0 radical (unpaired) electrons. The molecule has 1 unspecified atom stereocenters. The molecule has 1 aromatic carbocycles. The summed E-state index contributed by atoms with van der Waals surface area (Å²) in [7, 11) is 0. The van der Waals surface area contributed by atoms with E-state index in [2.05, 4.69) is 49.6 Å². The van der Waals surface area contributed by atoms with Crippen LogP contribution in [-0.2, 0) is 17.8 Å². The highest BCUT2D eigenvalue weighted by Gasteiger charge is 2.10. The summed E-state index contributed by atoms with van der Waals surface area (Å²) in [6.07, 6.45) is 1.02. The van der Waals surface area contributed by atoms with Gasteiger partial charge in [0.05, 0.1) is 6.54 Å². The van der Waals surface area contributed by atoms with Gasteiger partial charge in [0.25, 0.3) is 0 Å². The second-order valence-electron chi connectivity index (χ2n) is 5.33. The molecule has 0 spiro atoms. The van der Waals surface area contributed by atoms with Crippen molar-refractivity contribution < 1.29 is 4.79 Å². The minimum Gasteiger partial charge on any atom is -0.352 e. The van der Waals surface area contributed by atoms with E-state index in [1.165, 1.54) is 11.1 Å². The number of hydrogen-bond acceptors (Lipinski definition) is 2. The number of carbonyl (C=O) groups excluding carboxylic acids is 1. The highest BCUT2D eigenvalue weighted by Crippen LogP contribution is 2.08. The van der Waals surface area contributed by atoms with Crippen LogP contribution in [0.25, 0.3) is 0 Å². The lowest BCUT2D eigenvalue weighted by molar-refractivity contribution is -0.121. The number of benzene rings is 1. The van der Waals surface area contributed by atoms with Crippen LogP contribution in [-0.4, -0.2) is 18.5 Å². The number of hydrogen-bond donors (Lipinski definition) is 2. The fourth-order valence-corrected chi connectivity index (χ4v) is 1.86. The predicted molar refractivity (Wildman–Crippen MR) is 80.0 cm³/mol. The molecule has 0 aliphatic carbocycles. The number of rotatable bonds is 7. The Balaban J connectivity index is 2.36. The average molecular weight is 262 g/mol. The van der Waals surface area contributed by atoms with Crippen molar-refractivity contribution in [1.29, 1.82) is 0 Å². The first-order chi connectivity index (χ1) is 9.04. The summed E-state index contributed by atoms with van der Waals surface area (Å²) in [5, 5.41) is 6.20. The third-order valence-electron chi connectivity index (χ3n) is 3.49. The van der Waals surface area contributed by atoms with E-state index in [0.29, 0.717) is 12.5 Å². The summed E-state index contributed by atoms with van der Waals surface area (Å²) in [5.41, 5.74) is 2.61. The van der Waals surface area contributed by atoms with Crippen molar-refractivity contribution in [3.63, 3.8) is 0 Å². The molecule has 0 aromatic heterocycles. The van der Waals surface area contributed by atoms with Crippen molar-refractivity contribution in [2.75, 3.05) is 6.54 Å². The summed E-state index contributed by atoms with van der Waals surface area (Å²) < 4.78 is 0. The zero-order valence-corrected chi connectivity index (χ0v) is 12.5. The van der Waals surface area contributed by atoms with Gasteiger partial charge in [0.2, 0.25) is 5.91 Å². The first-order valence-electron chi connectivity index (χ1n) is 7.11. The van der Waals surface area contributed by atoms with Gasteiger partial charge in [-0.05, 0) is 30.4 Å². The van der Waals surface area contributed by atoms with E-state index >= 15 is 0 Å². The van der Waals surface area contributed by atoms with Crippen molar-refractivity contribution in [3.8, 4) is 0 Å². The SMILES string of the molecule is CCc1ccccc1CNCC(=O)NC(C)C(C)C. The van der Waals surface area contributed by atoms with Crippen LogP contribution < -0.4 is 10.6 Å². The van der Waals surface area contributed by atoms with Gasteiger partial charge in [-0.25, -0.2) is 0 Å². The molecule has 3 heteroatoms. The lowest BCUT2D eigenvalue weighted by Gasteiger charge is -2.17. The Morgan fingerprint density at radius 1 is 1.16 bits per heavy atom. The summed E-state index contributed by atoms with van der Waals surface area (Å²) in [4.78, 5) is 11.7. The number of nitrogens with one attached hydrogen (secondary N) is 2. The molecule has 106 valence electrons. The first kappa shape index (κ1) is 15.7. The molecule has 0 heterocycles. The molecule has 1 amide bonds. The van der Waals surface area contributed by atoms with Gasteiger partial charge in [-0.2, -0.15) is 0 Å². The van der Waals surface area contributed by atoms with E-state index in [1.54, 1.807) is 0 Å². The van der Waals surface area contributed by atoms with Gasteiger partial charge in [0.1, 0.15) is 0 Å². The molecule has 0 fully saturated rings. The largest absolute Gasteiger partial charge is 0.352 e. The third-order valence-corrected chi connectivity index (χ3v) is 3.49. The molecule has 0 bridgehead atoms. The van der Waals surface area contributed by atoms with Gasteiger partial charge in [0.15, 0.2) is 0 Å². The Morgan fingerprint density at radius 2 is 1.79 bits per heavy atom. The Labute approximate surface area is 116 Å². The highest BCUT2D eigenvalue weighted by atomic mass is 16.1. The zero-order chi connectivity index (χ0) is 14.3. The normalized spacial score (nSPS) is 12.5. The maximum Gasteiger partial charge on any atom is 0.234 e. The number of carbonyl (C=O) groups is 1. The van der Waals surface area contributed by atoms with Crippen LogP contribution in [0.5, 0.6) is 0 Å². The van der Waals surface area contributed by atoms with Crippen molar-refractivity contribution in [1.82, 2.24) is 10.6 Å². The molecule has 1 atom stereocenters. The van der Waals surface area contributed by atoms with Gasteiger partial charge >= 0.3 is 0 Å². The lowest BCUT2D eigenvalue weighted by atomic mass is 10.1. The van der Waals surface area contributed by atoms with Gasteiger partial charge in [-0.3, -0.25) is 4.79 Å². The van der Waals surface area contributed by atoms with E-state index in [9.17, 15) is 4.79 Å². The smallest absolute Gasteiger partial charge is 0.234 e. The van der Waals surface area contributed by atoms with Crippen LogP contribution in [0.4, 0.5) is 0 Å². The van der Waals surface area contributed by atoms with Crippen LogP contribution in [0.15, 0.2) is 24.3 Å². The van der Waals surface area contributed by atoms with Gasteiger partial charge in [-0.15, -0.1) is 0 Å². The summed E-state index contributed by atoms with van der Waals surface area (Å²) >= 11 is 0. The number of amides is 1. The quantitative estimate of drug-likeness (QED) is 0.792. The van der Waals surface area contributed by atoms with E-state index in [0.717, 1.165) is 13.0 Å². The van der Waals surface area contributed by atoms with Crippen LogP contribution >= 0.6 is 0 Å². The molecular weight excluding hydrogens is 236 g/mol.